The number of anilines is 2. The summed E-state index contributed by atoms with van der Waals surface area (Å²) in [7, 11) is 3.83. The first-order valence-corrected chi connectivity index (χ1v) is 11.0. The van der Waals surface area contributed by atoms with Crippen molar-refractivity contribution >= 4 is 22.4 Å². The van der Waals surface area contributed by atoms with Crippen LogP contribution in [-0.2, 0) is 11.5 Å². The van der Waals surface area contributed by atoms with Crippen molar-refractivity contribution in [2.24, 2.45) is 5.92 Å². The van der Waals surface area contributed by atoms with Gasteiger partial charge in [0.1, 0.15) is 18.8 Å². The van der Waals surface area contributed by atoms with Crippen molar-refractivity contribution in [3.63, 3.8) is 0 Å². The van der Waals surface area contributed by atoms with Crippen LogP contribution in [0.1, 0.15) is 24.8 Å². The number of hydrogen-bond donors (Lipinski definition) is 1. The molecule has 5 rings (SSSR count). The number of para-hydroxylation sites is 1. The lowest BCUT2D eigenvalue weighted by molar-refractivity contribution is -0.194. The molecule has 168 valence electrons. The second kappa shape index (κ2) is 9.18. The fraction of sp³-hybridized carbons (Fsp3) is 0.417. The van der Waals surface area contributed by atoms with Crippen LogP contribution >= 0.6 is 0 Å². The zero-order chi connectivity index (χ0) is 21.9. The van der Waals surface area contributed by atoms with Gasteiger partial charge in [-0.1, -0.05) is 12.1 Å². The fourth-order valence-electron chi connectivity index (χ4n) is 4.30. The van der Waals surface area contributed by atoms with Gasteiger partial charge in [-0.15, -0.1) is 0 Å². The Hall–Kier alpha value is -3.10. The molecule has 0 radical (unpaired) electrons. The molecule has 1 saturated heterocycles. The highest BCUT2D eigenvalue weighted by Gasteiger charge is 2.20. The number of ether oxygens (including phenoxy) is 2. The van der Waals surface area contributed by atoms with Crippen LogP contribution in [0.2, 0.25) is 0 Å². The molecule has 2 aliphatic heterocycles. The van der Waals surface area contributed by atoms with Gasteiger partial charge in [0.25, 0.3) is 0 Å². The van der Waals surface area contributed by atoms with Crippen LogP contribution in [0.4, 0.5) is 11.5 Å². The molecule has 32 heavy (non-hydrogen) atoms. The molecule has 1 aromatic heterocycles. The molecule has 1 fully saturated rings. The molecular formula is C24H28N4O4. The van der Waals surface area contributed by atoms with Gasteiger partial charge in [0.2, 0.25) is 0 Å². The number of nitrogens with zero attached hydrogens (tertiary/aromatic N) is 3. The van der Waals surface area contributed by atoms with Crippen LogP contribution < -0.4 is 19.7 Å². The molecule has 0 bridgehead atoms. The number of methoxy groups -OCH3 is 1. The van der Waals surface area contributed by atoms with Crippen molar-refractivity contribution in [2.75, 3.05) is 39.2 Å². The van der Waals surface area contributed by atoms with Crippen LogP contribution in [0.25, 0.3) is 10.9 Å². The monoisotopic (exact) mass is 436 g/mol. The van der Waals surface area contributed by atoms with Crippen LogP contribution in [-0.4, -0.2) is 48.7 Å². The lowest BCUT2D eigenvalue weighted by Gasteiger charge is -2.28. The molecule has 8 heteroatoms. The lowest BCUT2D eigenvalue weighted by Crippen LogP contribution is -2.30. The first kappa shape index (κ1) is 20.8. The van der Waals surface area contributed by atoms with E-state index in [1.165, 1.54) is 25.9 Å². The Bertz CT molecular complexity index is 1100. The van der Waals surface area contributed by atoms with E-state index in [4.69, 9.17) is 19.2 Å². The topological polar surface area (TPSA) is 78.0 Å². The smallest absolute Gasteiger partial charge is 0.194 e. The summed E-state index contributed by atoms with van der Waals surface area (Å²) in [5.74, 6) is 3.43. The molecule has 0 amide bonds. The molecule has 0 unspecified atom stereocenters. The average molecular weight is 437 g/mol. The lowest BCUT2D eigenvalue weighted by atomic mass is 9.94. The van der Waals surface area contributed by atoms with Gasteiger partial charge in [0.15, 0.2) is 17.2 Å². The van der Waals surface area contributed by atoms with Gasteiger partial charge in [0.05, 0.1) is 24.9 Å². The third-order valence-electron chi connectivity index (χ3n) is 6.25. The summed E-state index contributed by atoms with van der Waals surface area (Å²) in [6.45, 7) is 3.43. The minimum atomic E-state index is 0.432. The summed E-state index contributed by atoms with van der Waals surface area (Å²) < 4.78 is 11.8. The zero-order valence-corrected chi connectivity index (χ0v) is 18.5. The number of piperidine rings is 1. The highest BCUT2D eigenvalue weighted by molar-refractivity contribution is 5.93. The molecule has 0 saturated carbocycles. The largest absolute Gasteiger partial charge is 0.493 e. The normalized spacial score (nSPS) is 16.6. The summed E-state index contributed by atoms with van der Waals surface area (Å²) in [6.07, 6.45) is 5.05. The fourth-order valence-corrected chi connectivity index (χ4v) is 4.30. The molecule has 8 nitrogen and oxygen atoms in total. The summed E-state index contributed by atoms with van der Waals surface area (Å²) in [5, 5.41) is 4.19. The molecule has 0 spiro atoms. The molecular weight excluding hydrogens is 408 g/mol. The van der Waals surface area contributed by atoms with Crippen molar-refractivity contribution in [1.82, 2.24) is 14.9 Å². The quantitative estimate of drug-likeness (QED) is 0.549. The Kier molecular flexibility index (Phi) is 5.96. The third kappa shape index (κ3) is 4.28. The zero-order valence-electron chi connectivity index (χ0n) is 18.5. The Labute approximate surface area is 187 Å². The highest BCUT2D eigenvalue weighted by Crippen LogP contribution is 2.39. The van der Waals surface area contributed by atoms with Crippen LogP contribution in [0, 0.1) is 5.92 Å². The van der Waals surface area contributed by atoms with Crippen molar-refractivity contribution in [3.05, 3.63) is 42.2 Å². The Morgan fingerprint density at radius 3 is 2.88 bits per heavy atom. The van der Waals surface area contributed by atoms with E-state index in [9.17, 15) is 0 Å². The summed E-state index contributed by atoms with van der Waals surface area (Å²) in [6, 6.07) is 9.70. The Balaban J connectivity index is 1.35. The minimum Gasteiger partial charge on any atom is -0.493 e. The molecule has 0 atom stereocenters. The maximum absolute atomic E-state index is 6.13. The second-order valence-corrected chi connectivity index (χ2v) is 8.39. The van der Waals surface area contributed by atoms with E-state index in [-0.39, 0.29) is 0 Å². The minimum absolute atomic E-state index is 0.432. The number of nitrogens with one attached hydrogen (secondary N) is 1. The summed E-state index contributed by atoms with van der Waals surface area (Å²) in [5.41, 5.74) is 2.56. The maximum atomic E-state index is 6.13. The van der Waals surface area contributed by atoms with Gasteiger partial charge < -0.3 is 24.6 Å². The molecule has 0 aliphatic carbocycles. The molecule has 3 heterocycles. The van der Waals surface area contributed by atoms with Crippen LogP contribution in [0.3, 0.4) is 0 Å². The second-order valence-electron chi connectivity index (χ2n) is 8.39. The maximum Gasteiger partial charge on any atom is 0.194 e. The molecule has 1 N–H and O–H groups in total. The van der Waals surface area contributed by atoms with Gasteiger partial charge in [-0.25, -0.2) is 9.97 Å². The van der Waals surface area contributed by atoms with Gasteiger partial charge >= 0.3 is 0 Å². The summed E-state index contributed by atoms with van der Waals surface area (Å²) >= 11 is 0. The Morgan fingerprint density at radius 2 is 2.03 bits per heavy atom. The predicted octanol–water partition coefficient (Wildman–Crippen LogP) is 4.32. The highest BCUT2D eigenvalue weighted by atomic mass is 17.2. The SMILES string of the molecule is COc1cc2c(Nc3cccc4c3OOC4)ncnc2cc1OCCC1CCN(C)CC1. The third-order valence-corrected chi connectivity index (χ3v) is 6.25. The number of hydrogen-bond acceptors (Lipinski definition) is 8. The van der Waals surface area contributed by atoms with Crippen molar-refractivity contribution in [3.8, 4) is 17.2 Å². The van der Waals surface area contributed by atoms with Gasteiger partial charge in [-0.3, -0.25) is 0 Å². The van der Waals surface area contributed by atoms with Crippen molar-refractivity contribution in [2.45, 2.75) is 25.9 Å². The van der Waals surface area contributed by atoms with Crippen LogP contribution in [0.5, 0.6) is 17.2 Å². The number of fused-ring (bicyclic) bond motifs is 2. The van der Waals surface area contributed by atoms with E-state index >= 15 is 0 Å². The first-order chi connectivity index (χ1) is 15.7. The van der Waals surface area contributed by atoms with Gasteiger partial charge in [-0.05, 0) is 57.5 Å². The molecule has 2 aromatic carbocycles. The van der Waals surface area contributed by atoms with E-state index in [2.05, 4.69) is 27.2 Å². The average Bonchev–Trinajstić information content (AvgIpc) is 3.30. The van der Waals surface area contributed by atoms with E-state index in [1.807, 2.05) is 30.3 Å². The van der Waals surface area contributed by atoms with Crippen molar-refractivity contribution < 1.29 is 19.2 Å². The van der Waals surface area contributed by atoms with Crippen molar-refractivity contribution in [1.29, 1.82) is 0 Å². The number of likely N-dealkylation sites (tertiary alicyclic amines) is 1. The van der Waals surface area contributed by atoms with Crippen LogP contribution in [0.15, 0.2) is 36.7 Å². The first-order valence-electron chi connectivity index (χ1n) is 11.0. The summed E-state index contributed by atoms with van der Waals surface area (Å²) in [4.78, 5) is 21.7. The van der Waals surface area contributed by atoms with E-state index in [0.717, 1.165) is 34.5 Å². The molecule has 2 aliphatic rings. The number of rotatable bonds is 7. The molecule has 3 aromatic rings. The Morgan fingerprint density at radius 1 is 1.16 bits per heavy atom. The standard InChI is InChI=1S/C24H28N4O4/c1-28-9-6-16(7-10-28)8-11-30-22-13-20-18(12-21(22)29-2)24(26-15-25-20)27-19-5-3-4-17-14-31-32-23(17)19/h3-5,12-13,15-16H,6-11,14H2,1-2H3,(H,25,26,27). The van der Waals surface area contributed by atoms with E-state index in [0.29, 0.717) is 36.3 Å². The van der Waals surface area contributed by atoms with E-state index < -0.39 is 0 Å². The number of benzene rings is 2. The van der Waals surface area contributed by atoms with E-state index in [1.54, 1.807) is 13.4 Å². The number of aromatic nitrogens is 2. The van der Waals surface area contributed by atoms with Gasteiger partial charge in [0, 0.05) is 17.0 Å². The van der Waals surface area contributed by atoms with Gasteiger partial charge in [-0.2, -0.15) is 4.89 Å². The predicted molar refractivity (Wildman–Crippen MR) is 122 cm³/mol.